The van der Waals surface area contributed by atoms with Crippen LogP contribution in [0.5, 0.6) is 5.88 Å². The molecule has 94 valence electrons. The fourth-order valence-electron chi connectivity index (χ4n) is 1.00. The lowest BCUT2D eigenvalue weighted by atomic mass is 10.4. The zero-order chi connectivity index (χ0) is 12.7. The van der Waals surface area contributed by atoms with Gasteiger partial charge < -0.3 is 20.4 Å². The van der Waals surface area contributed by atoms with Crippen LogP contribution in [0.2, 0.25) is 0 Å². The molecule has 0 aliphatic heterocycles. The first kappa shape index (κ1) is 13.2. The van der Waals surface area contributed by atoms with E-state index < -0.39 is 0 Å². The molecule has 0 amide bonds. The summed E-state index contributed by atoms with van der Waals surface area (Å²) in [6.07, 6.45) is 2.95. The summed E-state index contributed by atoms with van der Waals surface area (Å²) in [6, 6.07) is 0. The molecule has 0 saturated heterocycles. The number of nitrogens with zero attached hydrogens (tertiary/aromatic N) is 3. The molecule has 0 aromatic carbocycles. The molecule has 7 heteroatoms. The fraction of sp³-hybridized carbons (Fsp3) is 0.500. The zero-order valence-electron chi connectivity index (χ0n) is 9.83. The van der Waals surface area contributed by atoms with E-state index in [1.165, 1.54) is 12.4 Å². The molecule has 0 saturated carbocycles. The zero-order valence-corrected chi connectivity index (χ0v) is 9.83. The van der Waals surface area contributed by atoms with Crippen LogP contribution in [-0.2, 0) is 4.74 Å². The molecule has 0 atom stereocenters. The molecule has 0 aliphatic carbocycles. The molecule has 0 spiro atoms. The van der Waals surface area contributed by atoms with Crippen molar-refractivity contribution in [3.05, 3.63) is 18.1 Å². The first-order chi connectivity index (χ1) is 8.13. The number of nitrogens with two attached hydrogens (primary N) is 1. The Hall–Kier alpha value is -1.89. The second kappa shape index (κ2) is 6.64. The number of hydrogen-bond donors (Lipinski definition) is 2. The predicted molar refractivity (Wildman–Crippen MR) is 61.1 cm³/mol. The largest absolute Gasteiger partial charge is 0.474 e. The van der Waals surface area contributed by atoms with Gasteiger partial charge in [-0.05, 0) is 13.8 Å². The summed E-state index contributed by atoms with van der Waals surface area (Å²) in [5, 5.41) is 11.2. The third kappa shape index (κ3) is 4.64. The van der Waals surface area contributed by atoms with Crippen LogP contribution in [0.3, 0.4) is 0 Å². The van der Waals surface area contributed by atoms with Crippen molar-refractivity contribution in [3.63, 3.8) is 0 Å². The second-order valence-electron chi connectivity index (χ2n) is 3.49. The van der Waals surface area contributed by atoms with Gasteiger partial charge in [0.1, 0.15) is 12.3 Å². The molecule has 1 heterocycles. The maximum atomic E-state index is 8.43. The van der Waals surface area contributed by atoms with Gasteiger partial charge in [-0.1, -0.05) is 5.16 Å². The smallest absolute Gasteiger partial charge is 0.232 e. The van der Waals surface area contributed by atoms with Crippen molar-refractivity contribution < 1.29 is 14.7 Å². The standard InChI is InChI=1S/C10H16N4O3/c1-7(2)16-3-4-17-9-6-12-8(5-13-9)10(11)14-15/h5-7,15H,3-4H2,1-2H3,(H2,11,14). The lowest BCUT2D eigenvalue weighted by molar-refractivity contribution is 0.0541. The summed E-state index contributed by atoms with van der Waals surface area (Å²) >= 11 is 0. The monoisotopic (exact) mass is 240 g/mol. The van der Waals surface area contributed by atoms with E-state index in [0.29, 0.717) is 24.8 Å². The van der Waals surface area contributed by atoms with Crippen LogP contribution in [0.1, 0.15) is 19.5 Å². The van der Waals surface area contributed by atoms with Crippen LogP contribution in [0, 0.1) is 0 Å². The Balaban J connectivity index is 2.41. The van der Waals surface area contributed by atoms with Crippen molar-refractivity contribution in [2.75, 3.05) is 13.2 Å². The Labute approximate surface area is 99.3 Å². The molecule has 0 fully saturated rings. The molecular weight excluding hydrogens is 224 g/mol. The third-order valence-corrected chi connectivity index (χ3v) is 1.78. The number of aromatic nitrogens is 2. The minimum Gasteiger partial charge on any atom is -0.474 e. The van der Waals surface area contributed by atoms with Crippen molar-refractivity contribution in [1.82, 2.24) is 9.97 Å². The topological polar surface area (TPSA) is 103 Å². The van der Waals surface area contributed by atoms with Gasteiger partial charge in [0, 0.05) is 0 Å². The van der Waals surface area contributed by atoms with Crippen LogP contribution in [0.15, 0.2) is 17.5 Å². The summed E-state index contributed by atoms with van der Waals surface area (Å²) < 4.78 is 10.6. The fourth-order valence-corrected chi connectivity index (χ4v) is 1.00. The van der Waals surface area contributed by atoms with E-state index in [1.807, 2.05) is 13.8 Å². The summed E-state index contributed by atoms with van der Waals surface area (Å²) in [4.78, 5) is 7.87. The first-order valence-corrected chi connectivity index (χ1v) is 5.18. The first-order valence-electron chi connectivity index (χ1n) is 5.18. The third-order valence-electron chi connectivity index (χ3n) is 1.78. The lowest BCUT2D eigenvalue weighted by Gasteiger charge is -2.08. The summed E-state index contributed by atoms with van der Waals surface area (Å²) in [5.41, 5.74) is 5.63. The van der Waals surface area contributed by atoms with Gasteiger partial charge in [-0.3, -0.25) is 0 Å². The Kier molecular flexibility index (Phi) is 5.15. The number of rotatable bonds is 6. The molecule has 1 rings (SSSR count). The lowest BCUT2D eigenvalue weighted by Crippen LogP contribution is -2.16. The number of hydrogen-bond acceptors (Lipinski definition) is 6. The number of ether oxygens (including phenoxy) is 2. The maximum absolute atomic E-state index is 8.43. The van der Waals surface area contributed by atoms with Crippen molar-refractivity contribution in [2.24, 2.45) is 10.9 Å². The van der Waals surface area contributed by atoms with E-state index >= 15 is 0 Å². The van der Waals surface area contributed by atoms with Gasteiger partial charge in [0.05, 0.1) is 25.1 Å². The van der Waals surface area contributed by atoms with E-state index in [4.69, 9.17) is 20.4 Å². The Bertz CT molecular complexity index is 364. The SMILES string of the molecule is CC(C)OCCOc1cnc(C(N)=NO)cn1. The molecule has 0 bridgehead atoms. The van der Waals surface area contributed by atoms with E-state index in [2.05, 4.69) is 15.1 Å². The average molecular weight is 240 g/mol. The molecule has 7 nitrogen and oxygen atoms in total. The van der Waals surface area contributed by atoms with Crippen LogP contribution < -0.4 is 10.5 Å². The normalized spacial score (nSPS) is 11.8. The van der Waals surface area contributed by atoms with Gasteiger partial charge in [-0.25, -0.2) is 9.97 Å². The van der Waals surface area contributed by atoms with Gasteiger partial charge in [-0.15, -0.1) is 0 Å². The van der Waals surface area contributed by atoms with Gasteiger partial charge >= 0.3 is 0 Å². The van der Waals surface area contributed by atoms with E-state index in [9.17, 15) is 0 Å². The van der Waals surface area contributed by atoms with Crippen LogP contribution in [-0.4, -0.2) is 40.3 Å². The Morgan fingerprint density at radius 1 is 1.41 bits per heavy atom. The van der Waals surface area contributed by atoms with Crippen molar-refractivity contribution in [2.45, 2.75) is 20.0 Å². The molecule has 17 heavy (non-hydrogen) atoms. The molecule has 0 aliphatic rings. The van der Waals surface area contributed by atoms with Crippen LogP contribution >= 0.6 is 0 Å². The minimum absolute atomic E-state index is 0.0906. The Morgan fingerprint density at radius 3 is 2.71 bits per heavy atom. The van der Waals surface area contributed by atoms with Crippen molar-refractivity contribution in [1.29, 1.82) is 0 Å². The van der Waals surface area contributed by atoms with E-state index in [1.54, 1.807) is 0 Å². The number of amidine groups is 1. The highest BCUT2D eigenvalue weighted by atomic mass is 16.5. The van der Waals surface area contributed by atoms with Crippen molar-refractivity contribution >= 4 is 5.84 Å². The van der Waals surface area contributed by atoms with Gasteiger partial charge in [0.2, 0.25) is 5.88 Å². The van der Waals surface area contributed by atoms with Gasteiger partial charge in [-0.2, -0.15) is 0 Å². The van der Waals surface area contributed by atoms with Crippen LogP contribution in [0.25, 0.3) is 0 Å². The molecule has 3 N–H and O–H groups in total. The summed E-state index contributed by atoms with van der Waals surface area (Å²) in [5.74, 6) is 0.277. The molecule has 1 aromatic heterocycles. The molecule has 0 radical (unpaired) electrons. The van der Waals surface area contributed by atoms with E-state index in [-0.39, 0.29) is 11.9 Å². The quantitative estimate of drug-likeness (QED) is 0.245. The summed E-state index contributed by atoms with van der Waals surface area (Å²) in [6.45, 7) is 4.79. The molecular formula is C10H16N4O3. The molecule has 0 unspecified atom stereocenters. The second-order valence-corrected chi connectivity index (χ2v) is 3.49. The Morgan fingerprint density at radius 2 is 2.18 bits per heavy atom. The van der Waals surface area contributed by atoms with Gasteiger partial charge in [0.25, 0.3) is 0 Å². The van der Waals surface area contributed by atoms with Crippen LogP contribution in [0.4, 0.5) is 0 Å². The van der Waals surface area contributed by atoms with E-state index in [0.717, 1.165) is 0 Å². The van der Waals surface area contributed by atoms with Crippen molar-refractivity contribution in [3.8, 4) is 5.88 Å². The maximum Gasteiger partial charge on any atom is 0.232 e. The van der Waals surface area contributed by atoms with Gasteiger partial charge in [0.15, 0.2) is 5.84 Å². The summed E-state index contributed by atoms with van der Waals surface area (Å²) in [7, 11) is 0. The predicted octanol–water partition coefficient (Wildman–Crippen LogP) is 0.375. The minimum atomic E-state index is -0.0906. The highest BCUT2D eigenvalue weighted by Crippen LogP contribution is 2.03. The molecule has 1 aromatic rings. The highest BCUT2D eigenvalue weighted by molar-refractivity contribution is 5.94. The average Bonchev–Trinajstić information content (AvgIpc) is 2.34. The number of oxime groups is 1. The highest BCUT2D eigenvalue weighted by Gasteiger charge is 2.02.